The standard InChI is InChI=1S/C16H18INO2/c1-3-11-20-13-7-5-12(6-8-13)15-10-9-14(17)16(19)18(15)4-2/h3,5-8,10,14H,1,4,9,11H2,2H3. The van der Waals surface area contributed by atoms with Crippen molar-refractivity contribution in [2.45, 2.75) is 17.3 Å². The van der Waals surface area contributed by atoms with Crippen LogP contribution in [0.2, 0.25) is 0 Å². The maximum Gasteiger partial charge on any atom is 0.240 e. The smallest absolute Gasteiger partial charge is 0.240 e. The topological polar surface area (TPSA) is 29.5 Å². The van der Waals surface area contributed by atoms with Gasteiger partial charge in [-0.05, 0) is 43.2 Å². The highest BCUT2D eigenvalue weighted by Crippen LogP contribution is 2.29. The Balaban J connectivity index is 2.21. The predicted molar refractivity (Wildman–Crippen MR) is 89.9 cm³/mol. The van der Waals surface area contributed by atoms with Crippen LogP contribution in [0, 0.1) is 0 Å². The van der Waals surface area contributed by atoms with E-state index in [1.54, 1.807) is 6.08 Å². The van der Waals surface area contributed by atoms with Crippen molar-refractivity contribution in [3.05, 3.63) is 48.6 Å². The molecule has 1 aromatic rings. The van der Waals surface area contributed by atoms with Crippen LogP contribution in [-0.2, 0) is 4.79 Å². The largest absolute Gasteiger partial charge is 0.490 e. The Hall–Kier alpha value is -1.30. The number of carbonyl (C=O) groups excluding carboxylic acids is 1. The van der Waals surface area contributed by atoms with E-state index in [1.807, 2.05) is 36.1 Å². The zero-order valence-corrected chi connectivity index (χ0v) is 13.7. The van der Waals surface area contributed by atoms with Gasteiger partial charge in [-0.25, -0.2) is 0 Å². The van der Waals surface area contributed by atoms with Crippen molar-refractivity contribution >= 4 is 34.2 Å². The molecule has 1 unspecified atom stereocenters. The molecule has 106 valence electrons. The van der Waals surface area contributed by atoms with E-state index >= 15 is 0 Å². The van der Waals surface area contributed by atoms with Crippen LogP contribution in [0.3, 0.4) is 0 Å². The zero-order chi connectivity index (χ0) is 14.5. The molecule has 1 amide bonds. The monoisotopic (exact) mass is 383 g/mol. The third kappa shape index (κ3) is 3.23. The number of halogens is 1. The van der Waals surface area contributed by atoms with E-state index in [4.69, 9.17) is 4.74 Å². The van der Waals surface area contributed by atoms with Crippen LogP contribution in [0.5, 0.6) is 5.75 Å². The first-order chi connectivity index (χ1) is 9.67. The van der Waals surface area contributed by atoms with Crippen molar-refractivity contribution in [2.24, 2.45) is 0 Å². The number of amides is 1. The van der Waals surface area contributed by atoms with E-state index in [9.17, 15) is 4.79 Å². The number of rotatable bonds is 5. The minimum absolute atomic E-state index is 0.0477. The van der Waals surface area contributed by atoms with E-state index in [0.717, 1.165) is 23.4 Å². The average molecular weight is 383 g/mol. The number of alkyl halides is 1. The Morgan fingerprint density at radius 1 is 1.45 bits per heavy atom. The van der Waals surface area contributed by atoms with Crippen molar-refractivity contribution in [1.82, 2.24) is 4.90 Å². The van der Waals surface area contributed by atoms with Crippen LogP contribution in [0.1, 0.15) is 18.9 Å². The summed E-state index contributed by atoms with van der Waals surface area (Å²) in [6.07, 6.45) is 4.65. The highest BCUT2D eigenvalue weighted by atomic mass is 127. The number of benzene rings is 1. The molecule has 0 N–H and O–H groups in total. The molecule has 0 saturated heterocycles. The number of carbonyl (C=O) groups is 1. The molecule has 1 atom stereocenters. The molecule has 0 bridgehead atoms. The van der Waals surface area contributed by atoms with Crippen LogP contribution in [0.25, 0.3) is 5.70 Å². The molecular formula is C16H18INO2. The van der Waals surface area contributed by atoms with Gasteiger partial charge >= 0.3 is 0 Å². The van der Waals surface area contributed by atoms with E-state index in [1.165, 1.54) is 0 Å². The highest BCUT2D eigenvalue weighted by molar-refractivity contribution is 14.1. The van der Waals surface area contributed by atoms with Gasteiger partial charge in [0.2, 0.25) is 5.91 Å². The summed E-state index contributed by atoms with van der Waals surface area (Å²) in [5.74, 6) is 1.00. The fourth-order valence-electron chi connectivity index (χ4n) is 2.19. The Morgan fingerprint density at radius 3 is 2.75 bits per heavy atom. The molecule has 0 fully saturated rings. The first-order valence-corrected chi connectivity index (χ1v) is 7.91. The number of hydrogen-bond acceptors (Lipinski definition) is 2. The van der Waals surface area contributed by atoms with Crippen LogP contribution < -0.4 is 4.74 Å². The molecule has 0 radical (unpaired) electrons. The maximum absolute atomic E-state index is 12.2. The lowest BCUT2D eigenvalue weighted by Crippen LogP contribution is -2.37. The summed E-state index contributed by atoms with van der Waals surface area (Å²) in [6, 6.07) is 7.84. The van der Waals surface area contributed by atoms with E-state index in [2.05, 4.69) is 35.2 Å². The van der Waals surface area contributed by atoms with Crippen molar-refractivity contribution in [3.63, 3.8) is 0 Å². The lowest BCUT2D eigenvalue weighted by molar-refractivity contribution is -0.127. The molecular weight excluding hydrogens is 365 g/mol. The first-order valence-electron chi connectivity index (χ1n) is 6.67. The lowest BCUT2D eigenvalue weighted by Gasteiger charge is -2.30. The Kier molecular flexibility index (Phi) is 5.23. The molecule has 1 heterocycles. The van der Waals surface area contributed by atoms with Gasteiger partial charge in [-0.3, -0.25) is 4.79 Å². The predicted octanol–water partition coefficient (Wildman–Crippen LogP) is 3.65. The highest BCUT2D eigenvalue weighted by Gasteiger charge is 2.27. The van der Waals surface area contributed by atoms with Gasteiger partial charge in [0.1, 0.15) is 12.4 Å². The zero-order valence-electron chi connectivity index (χ0n) is 11.5. The Morgan fingerprint density at radius 2 is 2.15 bits per heavy atom. The van der Waals surface area contributed by atoms with E-state index < -0.39 is 0 Å². The number of allylic oxidation sites excluding steroid dienone is 1. The fraction of sp³-hybridized carbons (Fsp3) is 0.312. The van der Waals surface area contributed by atoms with Crippen LogP contribution >= 0.6 is 22.6 Å². The molecule has 0 aliphatic carbocycles. The number of nitrogens with zero attached hydrogens (tertiary/aromatic N) is 1. The van der Waals surface area contributed by atoms with Gasteiger partial charge in [-0.1, -0.05) is 41.3 Å². The summed E-state index contributed by atoms with van der Waals surface area (Å²) in [5, 5.41) is 0. The van der Waals surface area contributed by atoms with Crippen molar-refractivity contribution in [1.29, 1.82) is 0 Å². The summed E-state index contributed by atoms with van der Waals surface area (Å²) in [7, 11) is 0. The molecule has 4 heteroatoms. The number of ether oxygens (including phenoxy) is 1. The van der Waals surface area contributed by atoms with Gasteiger partial charge in [0.15, 0.2) is 0 Å². The van der Waals surface area contributed by atoms with Gasteiger partial charge in [-0.2, -0.15) is 0 Å². The first kappa shape index (κ1) is 15.1. The minimum Gasteiger partial charge on any atom is -0.490 e. The SMILES string of the molecule is C=CCOc1ccc(C2=CCC(I)C(=O)N2CC)cc1. The van der Waals surface area contributed by atoms with Crippen LogP contribution in [0.15, 0.2) is 43.0 Å². The molecule has 1 aliphatic heterocycles. The summed E-state index contributed by atoms with van der Waals surface area (Å²) in [4.78, 5) is 14.0. The summed E-state index contributed by atoms with van der Waals surface area (Å²) < 4.78 is 5.52. The molecule has 20 heavy (non-hydrogen) atoms. The molecule has 1 aromatic carbocycles. The van der Waals surface area contributed by atoms with E-state index in [-0.39, 0.29) is 9.83 Å². The number of hydrogen-bond donors (Lipinski definition) is 0. The second-order valence-corrected chi connectivity index (χ2v) is 6.00. The van der Waals surface area contributed by atoms with Crippen LogP contribution in [-0.4, -0.2) is 27.9 Å². The average Bonchev–Trinajstić information content (AvgIpc) is 2.48. The molecule has 2 rings (SSSR count). The maximum atomic E-state index is 12.2. The van der Waals surface area contributed by atoms with Gasteiger partial charge in [0, 0.05) is 12.2 Å². The lowest BCUT2D eigenvalue weighted by atomic mass is 10.0. The Bertz CT molecular complexity index is 522. The summed E-state index contributed by atoms with van der Waals surface area (Å²) in [5.41, 5.74) is 2.05. The molecule has 0 spiro atoms. The van der Waals surface area contributed by atoms with Crippen LogP contribution in [0.4, 0.5) is 0 Å². The van der Waals surface area contributed by atoms with Crippen molar-refractivity contribution < 1.29 is 9.53 Å². The fourth-order valence-corrected chi connectivity index (χ4v) is 2.78. The second-order valence-electron chi connectivity index (χ2n) is 4.50. The molecule has 0 aromatic heterocycles. The quantitative estimate of drug-likeness (QED) is 0.441. The van der Waals surface area contributed by atoms with Gasteiger partial charge < -0.3 is 9.64 Å². The summed E-state index contributed by atoms with van der Waals surface area (Å²) in [6.45, 7) is 6.82. The van der Waals surface area contributed by atoms with Crippen molar-refractivity contribution in [3.8, 4) is 5.75 Å². The van der Waals surface area contributed by atoms with Gasteiger partial charge in [0.25, 0.3) is 0 Å². The van der Waals surface area contributed by atoms with Crippen molar-refractivity contribution in [2.75, 3.05) is 13.2 Å². The molecule has 0 saturated carbocycles. The molecule has 1 aliphatic rings. The molecule has 3 nitrogen and oxygen atoms in total. The third-order valence-corrected chi connectivity index (χ3v) is 4.22. The Labute approximate surface area is 133 Å². The van der Waals surface area contributed by atoms with E-state index in [0.29, 0.717) is 13.2 Å². The second kappa shape index (κ2) is 6.92. The van der Waals surface area contributed by atoms with Gasteiger partial charge in [0.05, 0.1) is 3.92 Å². The van der Waals surface area contributed by atoms with Gasteiger partial charge in [-0.15, -0.1) is 0 Å². The minimum atomic E-state index is 0.0477. The third-order valence-electron chi connectivity index (χ3n) is 3.18. The summed E-state index contributed by atoms with van der Waals surface area (Å²) >= 11 is 2.21. The normalized spacial score (nSPS) is 18.7.